The average molecular weight is 258 g/mol. The van der Waals surface area contributed by atoms with E-state index in [0.717, 1.165) is 0 Å². The first-order valence-electron chi connectivity index (χ1n) is 6.12. The molecule has 0 aromatic rings. The van der Waals surface area contributed by atoms with Crippen molar-refractivity contribution in [2.24, 2.45) is 5.73 Å². The number of carbonyl (C=O) groups is 2. The maximum atomic E-state index is 11.6. The molecule has 2 N–H and O–H groups in total. The van der Waals surface area contributed by atoms with Gasteiger partial charge in [-0.05, 0) is 20.8 Å². The summed E-state index contributed by atoms with van der Waals surface area (Å²) in [5.74, 6) is -0.684. The molecule has 6 heteroatoms. The van der Waals surface area contributed by atoms with Gasteiger partial charge in [0.15, 0.2) is 0 Å². The van der Waals surface area contributed by atoms with Crippen LogP contribution in [0.15, 0.2) is 0 Å². The van der Waals surface area contributed by atoms with E-state index < -0.39 is 17.6 Å². The molecule has 6 nitrogen and oxygen atoms in total. The minimum Gasteiger partial charge on any atom is -0.460 e. The molecule has 1 aliphatic rings. The molecule has 0 aromatic carbocycles. The minimum absolute atomic E-state index is 0.251. The SMILES string of the molecule is CC(C)(C)OC(=O)CCN1CCOCC1C(N)=O. The first-order chi connectivity index (χ1) is 8.29. The zero-order valence-corrected chi connectivity index (χ0v) is 11.3. The molecule has 1 saturated heterocycles. The molecule has 0 bridgehead atoms. The van der Waals surface area contributed by atoms with Crippen LogP contribution in [0.5, 0.6) is 0 Å². The van der Waals surface area contributed by atoms with Crippen molar-refractivity contribution in [3.8, 4) is 0 Å². The number of hydrogen-bond donors (Lipinski definition) is 1. The van der Waals surface area contributed by atoms with Crippen LogP contribution < -0.4 is 5.73 Å². The van der Waals surface area contributed by atoms with Gasteiger partial charge >= 0.3 is 5.97 Å². The molecule has 1 amide bonds. The highest BCUT2D eigenvalue weighted by molar-refractivity contribution is 5.80. The first kappa shape index (κ1) is 14.9. The topological polar surface area (TPSA) is 81.9 Å². The van der Waals surface area contributed by atoms with Crippen molar-refractivity contribution >= 4 is 11.9 Å². The van der Waals surface area contributed by atoms with Crippen molar-refractivity contribution < 1.29 is 19.1 Å². The second kappa shape index (κ2) is 6.15. The van der Waals surface area contributed by atoms with E-state index in [1.54, 1.807) is 0 Å². The van der Waals surface area contributed by atoms with Gasteiger partial charge in [-0.1, -0.05) is 0 Å². The Labute approximate surface area is 107 Å². The van der Waals surface area contributed by atoms with Gasteiger partial charge in [-0.25, -0.2) is 0 Å². The molecule has 0 aromatic heterocycles. The van der Waals surface area contributed by atoms with E-state index in [-0.39, 0.29) is 12.4 Å². The van der Waals surface area contributed by atoms with Crippen LogP contribution in [0.4, 0.5) is 0 Å². The van der Waals surface area contributed by atoms with Crippen molar-refractivity contribution in [1.29, 1.82) is 0 Å². The third-order valence-corrected chi connectivity index (χ3v) is 2.59. The highest BCUT2D eigenvalue weighted by atomic mass is 16.6. The molecule has 0 saturated carbocycles. The van der Waals surface area contributed by atoms with Crippen molar-refractivity contribution in [3.05, 3.63) is 0 Å². The van der Waals surface area contributed by atoms with Crippen LogP contribution in [-0.4, -0.2) is 54.7 Å². The predicted molar refractivity (Wildman–Crippen MR) is 65.8 cm³/mol. The maximum Gasteiger partial charge on any atom is 0.307 e. The summed E-state index contributed by atoms with van der Waals surface area (Å²) in [7, 11) is 0. The van der Waals surface area contributed by atoms with Gasteiger partial charge in [0.1, 0.15) is 11.6 Å². The van der Waals surface area contributed by atoms with E-state index in [1.807, 2.05) is 25.7 Å². The van der Waals surface area contributed by atoms with Crippen molar-refractivity contribution in [2.45, 2.75) is 38.8 Å². The number of amides is 1. The lowest BCUT2D eigenvalue weighted by Crippen LogP contribution is -2.52. The summed E-state index contributed by atoms with van der Waals surface area (Å²) in [5, 5.41) is 0. The van der Waals surface area contributed by atoms with Gasteiger partial charge in [0.25, 0.3) is 0 Å². The van der Waals surface area contributed by atoms with Crippen molar-refractivity contribution in [1.82, 2.24) is 4.90 Å². The summed E-state index contributed by atoms with van der Waals surface area (Å²) >= 11 is 0. The van der Waals surface area contributed by atoms with Crippen LogP contribution in [0, 0.1) is 0 Å². The molecule has 1 aliphatic heterocycles. The van der Waals surface area contributed by atoms with Gasteiger partial charge in [0.05, 0.1) is 19.6 Å². The molecule has 1 atom stereocenters. The van der Waals surface area contributed by atoms with E-state index >= 15 is 0 Å². The summed E-state index contributed by atoms with van der Waals surface area (Å²) in [6, 6.07) is -0.443. The van der Waals surface area contributed by atoms with Crippen LogP contribution in [0.25, 0.3) is 0 Å². The van der Waals surface area contributed by atoms with Gasteiger partial charge in [-0.15, -0.1) is 0 Å². The quantitative estimate of drug-likeness (QED) is 0.712. The fourth-order valence-electron chi connectivity index (χ4n) is 1.80. The Balaban J connectivity index is 2.41. The van der Waals surface area contributed by atoms with Gasteiger partial charge in [0, 0.05) is 13.1 Å². The second-order valence-corrected chi connectivity index (χ2v) is 5.37. The Morgan fingerprint density at radius 3 is 2.67 bits per heavy atom. The number of nitrogens with two attached hydrogens (primary N) is 1. The Morgan fingerprint density at radius 1 is 1.44 bits per heavy atom. The van der Waals surface area contributed by atoms with Gasteiger partial charge in [-0.2, -0.15) is 0 Å². The Bertz CT molecular complexity index is 312. The fraction of sp³-hybridized carbons (Fsp3) is 0.833. The van der Waals surface area contributed by atoms with Crippen molar-refractivity contribution in [2.75, 3.05) is 26.3 Å². The third-order valence-electron chi connectivity index (χ3n) is 2.59. The van der Waals surface area contributed by atoms with Crippen LogP contribution >= 0.6 is 0 Å². The Morgan fingerprint density at radius 2 is 2.11 bits per heavy atom. The van der Waals surface area contributed by atoms with E-state index in [1.165, 1.54) is 0 Å². The maximum absolute atomic E-state index is 11.6. The van der Waals surface area contributed by atoms with E-state index in [9.17, 15) is 9.59 Å². The van der Waals surface area contributed by atoms with Gasteiger partial charge < -0.3 is 15.2 Å². The van der Waals surface area contributed by atoms with Crippen LogP contribution in [0.1, 0.15) is 27.2 Å². The molecule has 104 valence electrons. The first-order valence-corrected chi connectivity index (χ1v) is 6.12. The van der Waals surface area contributed by atoms with Crippen LogP contribution in [0.2, 0.25) is 0 Å². The van der Waals surface area contributed by atoms with Crippen molar-refractivity contribution in [3.63, 3.8) is 0 Å². The zero-order valence-electron chi connectivity index (χ0n) is 11.3. The third kappa shape index (κ3) is 5.01. The summed E-state index contributed by atoms with van der Waals surface area (Å²) in [6.07, 6.45) is 0.251. The monoisotopic (exact) mass is 258 g/mol. The largest absolute Gasteiger partial charge is 0.460 e. The molecular formula is C12H22N2O4. The van der Waals surface area contributed by atoms with Crippen LogP contribution in [0.3, 0.4) is 0 Å². The van der Waals surface area contributed by atoms with E-state index in [4.69, 9.17) is 15.2 Å². The zero-order chi connectivity index (χ0) is 13.8. The molecule has 1 fully saturated rings. The number of primary amides is 1. The molecule has 0 spiro atoms. The molecule has 1 rings (SSSR count). The number of carbonyl (C=O) groups excluding carboxylic acids is 2. The summed E-state index contributed by atoms with van der Waals surface area (Å²) in [4.78, 5) is 24.7. The Kier molecular flexibility index (Phi) is 5.10. The second-order valence-electron chi connectivity index (χ2n) is 5.37. The number of rotatable bonds is 4. The minimum atomic E-state index is -0.481. The lowest BCUT2D eigenvalue weighted by molar-refractivity contribution is -0.156. The summed E-state index contributed by atoms with van der Waals surface area (Å²) in [5.41, 5.74) is 4.81. The molecule has 18 heavy (non-hydrogen) atoms. The number of hydrogen-bond acceptors (Lipinski definition) is 5. The molecule has 0 radical (unpaired) electrons. The predicted octanol–water partition coefficient (Wildman–Crippen LogP) is -0.0957. The Hall–Kier alpha value is -1.14. The van der Waals surface area contributed by atoms with Gasteiger partial charge in [0.2, 0.25) is 5.91 Å². The number of esters is 1. The van der Waals surface area contributed by atoms with Crippen LogP contribution in [-0.2, 0) is 19.1 Å². The normalized spacial score (nSPS) is 21.6. The molecular weight excluding hydrogens is 236 g/mol. The van der Waals surface area contributed by atoms with E-state index in [2.05, 4.69) is 0 Å². The average Bonchev–Trinajstić information content (AvgIpc) is 2.24. The van der Waals surface area contributed by atoms with E-state index in [0.29, 0.717) is 26.3 Å². The number of ether oxygens (including phenoxy) is 2. The number of nitrogens with zero attached hydrogens (tertiary/aromatic N) is 1. The molecule has 1 unspecified atom stereocenters. The molecule has 0 aliphatic carbocycles. The fourth-order valence-corrected chi connectivity index (χ4v) is 1.80. The lowest BCUT2D eigenvalue weighted by Gasteiger charge is -2.33. The highest BCUT2D eigenvalue weighted by Crippen LogP contribution is 2.11. The van der Waals surface area contributed by atoms with Gasteiger partial charge in [-0.3, -0.25) is 14.5 Å². The smallest absolute Gasteiger partial charge is 0.307 e. The standard InChI is InChI=1S/C12H22N2O4/c1-12(2,3)18-10(15)4-5-14-6-7-17-8-9(14)11(13)16/h9H,4-8H2,1-3H3,(H2,13,16). The molecule has 1 heterocycles. The highest BCUT2D eigenvalue weighted by Gasteiger charge is 2.28. The summed E-state index contributed by atoms with van der Waals surface area (Å²) < 4.78 is 10.4. The lowest BCUT2D eigenvalue weighted by atomic mass is 10.2. The number of morpholine rings is 1. The summed E-state index contributed by atoms with van der Waals surface area (Å²) in [6.45, 7) is 7.40.